The predicted molar refractivity (Wildman–Crippen MR) is 101 cm³/mol. The van der Waals surface area contributed by atoms with E-state index in [1.165, 1.54) is 12.1 Å². The van der Waals surface area contributed by atoms with E-state index >= 15 is 0 Å². The van der Waals surface area contributed by atoms with Gasteiger partial charge in [0.15, 0.2) is 5.65 Å². The predicted octanol–water partition coefficient (Wildman–Crippen LogP) is 4.46. The van der Waals surface area contributed by atoms with Crippen LogP contribution < -0.4 is 0 Å². The lowest BCUT2D eigenvalue weighted by Gasteiger charge is -2.06. The first kappa shape index (κ1) is 16.3. The number of H-pyrrole nitrogens is 1. The zero-order valence-corrected chi connectivity index (χ0v) is 14.9. The number of aromatic carboxylic acids is 1. The van der Waals surface area contributed by atoms with E-state index in [9.17, 15) is 15.0 Å². The number of nitrogens with one attached hydrogen (secondary N) is 1. The summed E-state index contributed by atoms with van der Waals surface area (Å²) in [5, 5.41) is 26.9. The molecule has 0 aliphatic rings. The lowest BCUT2D eigenvalue weighted by Crippen LogP contribution is -2.00. The molecule has 0 aliphatic heterocycles. The second kappa shape index (κ2) is 6.27. The van der Waals surface area contributed by atoms with Gasteiger partial charge in [0.2, 0.25) is 0 Å². The minimum absolute atomic E-state index is 0.0823. The smallest absolute Gasteiger partial charge is 0.336 e. The summed E-state index contributed by atoms with van der Waals surface area (Å²) in [6.07, 6.45) is 0. The maximum absolute atomic E-state index is 11.9. The van der Waals surface area contributed by atoms with Gasteiger partial charge in [-0.3, -0.25) is 5.10 Å². The molecule has 2 aromatic carbocycles. The third-order valence-electron chi connectivity index (χ3n) is 4.03. The summed E-state index contributed by atoms with van der Waals surface area (Å²) in [7, 11) is 0. The minimum Gasteiger partial charge on any atom is -0.508 e. The molecule has 0 spiro atoms. The van der Waals surface area contributed by atoms with Crippen molar-refractivity contribution in [2.75, 3.05) is 0 Å². The Balaban J connectivity index is 1.96. The Hall–Kier alpha value is -3.19. The molecule has 0 fully saturated rings. The van der Waals surface area contributed by atoms with Crippen LogP contribution >= 0.6 is 15.9 Å². The number of nitrogens with zero attached hydrogens (tertiary/aromatic N) is 2. The van der Waals surface area contributed by atoms with Gasteiger partial charge >= 0.3 is 5.97 Å². The first-order valence-corrected chi connectivity index (χ1v) is 8.50. The maximum Gasteiger partial charge on any atom is 0.336 e. The molecular formula is C19H12BrN3O3. The standard InChI is InChI=1S/C19H12BrN3O3/c20-12-6-4-10(5-7-12)17-16-14(19(25)26)9-15(21-18(16)23-22-17)11-2-1-3-13(24)8-11/h1-9,24H,(H,25,26)(H,21,22,23). The van der Waals surface area contributed by atoms with Gasteiger partial charge in [-0.05, 0) is 30.3 Å². The Labute approximate surface area is 156 Å². The second-order valence-electron chi connectivity index (χ2n) is 5.71. The molecule has 0 saturated heterocycles. The highest BCUT2D eigenvalue weighted by atomic mass is 79.9. The van der Waals surface area contributed by atoms with Crippen LogP contribution in [-0.4, -0.2) is 31.4 Å². The van der Waals surface area contributed by atoms with E-state index in [1.807, 2.05) is 24.3 Å². The van der Waals surface area contributed by atoms with Crippen molar-refractivity contribution >= 4 is 32.9 Å². The van der Waals surface area contributed by atoms with E-state index in [0.717, 1.165) is 10.0 Å². The number of hydrogen-bond donors (Lipinski definition) is 3. The minimum atomic E-state index is -1.07. The number of aromatic nitrogens is 3. The largest absolute Gasteiger partial charge is 0.508 e. The molecule has 4 rings (SSSR count). The fourth-order valence-corrected chi connectivity index (χ4v) is 3.10. The van der Waals surface area contributed by atoms with Gasteiger partial charge in [-0.2, -0.15) is 5.10 Å². The molecule has 6 nitrogen and oxygen atoms in total. The van der Waals surface area contributed by atoms with Crippen LogP contribution in [0.25, 0.3) is 33.5 Å². The van der Waals surface area contributed by atoms with Crippen LogP contribution in [-0.2, 0) is 0 Å². The molecule has 3 N–H and O–H groups in total. The average Bonchev–Trinajstić information content (AvgIpc) is 3.05. The molecule has 2 heterocycles. The first-order chi connectivity index (χ1) is 12.5. The van der Waals surface area contributed by atoms with Crippen LogP contribution in [0.4, 0.5) is 0 Å². The van der Waals surface area contributed by atoms with Gasteiger partial charge in [0.25, 0.3) is 0 Å². The van der Waals surface area contributed by atoms with Crippen molar-refractivity contribution in [3.8, 4) is 28.3 Å². The molecule has 4 aromatic rings. The van der Waals surface area contributed by atoms with Gasteiger partial charge < -0.3 is 10.2 Å². The monoisotopic (exact) mass is 409 g/mol. The summed E-state index contributed by atoms with van der Waals surface area (Å²) < 4.78 is 0.924. The lowest BCUT2D eigenvalue weighted by atomic mass is 10.0. The van der Waals surface area contributed by atoms with E-state index in [4.69, 9.17) is 0 Å². The van der Waals surface area contributed by atoms with E-state index in [0.29, 0.717) is 28.0 Å². The second-order valence-corrected chi connectivity index (χ2v) is 6.63. The molecule has 0 atom stereocenters. The summed E-state index contributed by atoms with van der Waals surface area (Å²) in [6.45, 7) is 0. The zero-order chi connectivity index (χ0) is 18.3. The molecule has 2 aromatic heterocycles. The van der Waals surface area contributed by atoms with Gasteiger partial charge in [0.1, 0.15) is 5.75 Å². The average molecular weight is 410 g/mol. The molecular weight excluding hydrogens is 398 g/mol. The molecule has 128 valence electrons. The number of rotatable bonds is 3. The Morgan fingerprint density at radius 2 is 1.81 bits per heavy atom. The summed E-state index contributed by atoms with van der Waals surface area (Å²) >= 11 is 3.38. The number of hydrogen-bond acceptors (Lipinski definition) is 4. The van der Waals surface area contributed by atoms with Crippen molar-refractivity contribution in [1.82, 2.24) is 15.2 Å². The van der Waals surface area contributed by atoms with Crippen LogP contribution in [0.2, 0.25) is 0 Å². The van der Waals surface area contributed by atoms with E-state index < -0.39 is 5.97 Å². The molecule has 0 bridgehead atoms. The number of pyridine rings is 1. The van der Waals surface area contributed by atoms with Gasteiger partial charge in [-0.15, -0.1) is 0 Å². The van der Waals surface area contributed by atoms with Crippen molar-refractivity contribution in [3.63, 3.8) is 0 Å². The van der Waals surface area contributed by atoms with E-state index in [1.54, 1.807) is 18.2 Å². The van der Waals surface area contributed by atoms with E-state index in [2.05, 4.69) is 31.1 Å². The van der Waals surface area contributed by atoms with Crippen LogP contribution in [0.3, 0.4) is 0 Å². The number of benzene rings is 2. The quantitative estimate of drug-likeness (QED) is 0.463. The third-order valence-corrected chi connectivity index (χ3v) is 4.56. The van der Waals surface area contributed by atoms with E-state index in [-0.39, 0.29) is 11.3 Å². The van der Waals surface area contributed by atoms with Crippen LogP contribution in [0.15, 0.2) is 59.1 Å². The number of halogens is 1. The topological polar surface area (TPSA) is 99.1 Å². The fraction of sp³-hybridized carbons (Fsp3) is 0. The van der Waals surface area contributed by atoms with Crippen molar-refractivity contribution in [2.45, 2.75) is 0 Å². The number of carbonyl (C=O) groups is 1. The number of aromatic hydroxyl groups is 1. The van der Waals surface area contributed by atoms with Crippen molar-refractivity contribution in [1.29, 1.82) is 0 Å². The highest BCUT2D eigenvalue weighted by Crippen LogP contribution is 2.32. The lowest BCUT2D eigenvalue weighted by molar-refractivity contribution is 0.0699. The number of phenolic OH excluding ortho intramolecular Hbond substituents is 1. The van der Waals surface area contributed by atoms with Crippen LogP contribution in [0, 0.1) is 0 Å². The first-order valence-electron chi connectivity index (χ1n) is 7.70. The van der Waals surface area contributed by atoms with Crippen LogP contribution in [0.1, 0.15) is 10.4 Å². The summed E-state index contributed by atoms with van der Waals surface area (Å²) in [6, 6.07) is 15.5. The Morgan fingerprint density at radius 1 is 1.04 bits per heavy atom. The summed E-state index contributed by atoms with van der Waals surface area (Å²) in [4.78, 5) is 16.3. The van der Waals surface area contributed by atoms with Crippen molar-refractivity contribution < 1.29 is 15.0 Å². The summed E-state index contributed by atoms with van der Waals surface area (Å²) in [5.74, 6) is -0.989. The highest BCUT2D eigenvalue weighted by Gasteiger charge is 2.19. The summed E-state index contributed by atoms with van der Waals surface area (Å²) in [5.41, 5.74) is 2.85. The molecule has 7 heteroatoms. The molecule has 0 saturated carbocycles. The van der Waals surface area contributed by atoms with Crippen molar-refractivity contribution in [2.24, 2.45) is 0 Å². The van der Waals surface area contributed by atoms with Gasteiger partial charge in [-0.25, -0.2) is 9.78 Å². The number of phenols is 1. The van der Waals surface area contributed by atoms with Gasteiger partial charge in [-0.1, -0.05) is 40.2 Å². The molecule has 0 radical (unpaired) electrons. The third kappa shape index (κ3) is 2.82. The maximum atomic E-state index is 11.9. The van der Waals surface area contributed by atoms with Gasteiger partial charge in [0, 0.05) is 15.6 Å². The normalized spacial score (nSPS) is 11.0. The fourth-order valence-electron chi connectivity index (χ4n) is 2.83. The number of fused-ring (bicyclic) bond motifs is 1. The molecule has 0 amide bonds. The number of carboxylic acid groups (broad SMARTS) is 1. The Bertz CT molecular complexity index is 1140. The number of aromatic amines is 1. The molecule has 0 unspecified atom stereocenters. The zero-order valence-electron chi connectivity index (χ0n) is 13.3. The van der Waals surface area contributed by atoms with Crippen LogP contribution in [0.5, 0.6) is 5.75 Å². The molecule has 26 heavy (non-hydrogen) atoms. The highest BCUT2D eigenvalue weighted by molar-refractivity contribution is 9.10. The number of carboxylic acids is 1. The Morgan fingerprint density at radius 3 is 2.50 bits per heavy atom. The SMILES string of the molecule is O=C(O)c1cc(-c2cccc(O)c2)nc2n[nH]c(-c3ccc(Br)cc3)c12. The molecule has 0 aliphatic carbocycles. The Kier molecular flexibility index (Phi) is 3.93. The van der Waals surface area contributed by atoms with Gasteiger partial charge in [0.05, 0.1) is 22.3 Å². The van der Waals surface area contributed by atoms with Crippen molar-refractivity contribution in [3.05, 3.63) is 64.6 Å².